The van der Waals surface area contributed by atoms with Gasteiger partial charge in [0.25, 0.3) is 5.91 Å². The van der Waals surface area contributed by atoms with E-state index in [9.17, 15) is 4.79 Å². The molecular formula is C18H23N5O2S. The van der Waals surface area contributed by atoms with E-state index >= 15 is 0 Å². The standard InChI is InChI=1S/C18H23N5O2S/c1-12(14-4-3-13-5-10-25-15(13)11-14)22-6-8-23(9-7-22)18-21-20-17(26-18)16(24)19-2/h3-4,11-12H,5-10H2,1-2H3,(H,19,24)/t12-/m0/s1. The summed E-state index contributed by atoms with van der Waals surface area (Å²) in [4.78, 5) is 16.3. The minimum absolute atomic E-state index is 0.181. The Morgan fingerprint density at radius 1 is 1.27 bits per heavy atom. The van der Waals surface area contributed by atoms with Crippen molar-refractivity contribution in [3.8, 4) is 5.75 Å². The number of aromatic nitrogens is 2. The molecule has 3 heterocycles. The Hall–Kier alpha value is -2.19. The number of anilines is 1. The summed E-state index contributed by atoms with van der Waals surface area (Å²) in [5, 5.41) is 12.0. The number of fused-ring (bicyclic) bond motifs is 1. The van der Waals surface area contributed by atoms with E-state index in [0.717, 1.165) is 50.1 Å². The second kappa shape index (κ2) is 7.20. The van der Waals surface area contributed by atoms with Crippen LogP contribution in [0.3, 0.4) is 0 Å². The van der Waals surface area contributed by atoms with Crippen LogP contribution >= 0.6 is 11.3 Å². The maximum atomic E-state index is 11.6. The van der Waals surface area contributed by atoms with Crippen molar-refractivity contribution < 1.29 is 9.53 Å². The molecule has 26 heavy (non-hydrogen) atoms. The maximum Gasteiger partial charge on any atom is 0.282 e. The third-order valence-corrected chi connectivity index (χ3v) is 6.15. The summed E-state index contributed by atoms with van der Waals surface area (Å²) in [6.07, 6.45) is 1.02. The monoisotopic (exact) mass is 373 g/mol. The van der Waals surface area contributed by atoms with Gasteiger partial charge >= 0.3 is 0 Å². The Kier molecular flexibility index (Phi) is 4.78. The minimum Gasteiger partial charge on any atom is -0.493 e. The molecule has 1 aromatic carbocycles. The summed E-state index contributed by atoms with van der Waals surface area (Å²) in [5.41, 5.74) is 2.62. The molecule has 8 heteroatoms. The lowest BCUT2D eigenvalue weighted by Crippen LogP contribution is -2.47. The molecule has 7 nitrogen and oxygen atoms in total. The molecule has 1 aromatic heterocycles. The Labute approximate surface area is 157 Å². The van der Waals surface area contributed by atoms with Crippen LogP contribution in [0.5, 0.6) is 5.75 Å². The van der Waals surface area contributed by atoms with E-state index in [4.69, 9.17) is 4.74 Å². The van der Waals surface area contributed by atoms with Crippen molar-refractivity contribution >= 4 is 22.4 Å². The topological polar surface area (TPSA) is 70.6 Å². The van der Waals surface area contributed by atoms with Gasteiger partial charge in [-0.15, -0.1) is 10.2 Å². The van der Waals surface area contributed by atoms with Gasteiger partial charge in [0.15, 0.2) is 0 Å². The van der Waals surface area contributed by atoms with Gasteiger partial charge in [0.2, 0.25) is 10.1 Å². The maximum absolute atomic E-state index is 11.6. The van der Waals surface area contributed by atoms with Gasteiger partial charge in [0.05, 0.1) is 6.61 Å². The number of rotatable bonds is 4. The number of benzene rings is 1. The SMILES string of the molecule is CNC(=O)c1nnc(N2CCN([C@@H](C)c3ccc4c(c3)OCC4)CC2)s1. The van der Waals surface area contributed by atoms with Crippen LogP contribution < -0.4 is 15.0 Å². The lowest BCUT2D eigenvalue weighted by atomic mass is 10.0. The highest BCUT2D eigenvalue weighted by Crippen LogP contribution is 2.31. The van der Waals surface area contributed by atoms with Gasteiger partial charge in [-0.05, 0) is 24.1 Å². The highest BCUT2D eigenvalue weighted by molar-refractivity contribution is 7.17. The first-order valence-electron chi connectivity index (χ1n) is 8.96. The van der Waals surface area contributed by atoms with E-state index in [1.807, 2.05) is 0 Å². The molecule has 1 N–H and O–H groups in total. The van der Waals surface area contributed by atoms with E-state index in [1.165, 1.54) is 22.5 Å². The molecular weight excluding hydrogens is 350 g/mol. The van der Waals surface area contributed by atoms with Crippen LogP contribution in [0.1, 0.15) is 33.9 Å². The number of piperazine rings is 1. The lowest BCUT2D eigenvalue weighted by Gasteiger charge is -2.38. The summed E-state index contributed by atoms with van der Waals surface area (Å²) < 4.78 is 5.71. The number of nitrogens with one attached hydrogen (secondary N) is 1. The first-order valence-corrected chi connectivity index (χ1v) is 9.77. The van der Waals surface area contributed by atoms with Crippen LogP contribution in [0, 0.1) is 0 Å². The van der Waals surface area contributed by atoms with Crippen molar-refractivity contribution in [2.45, 2.75) is 19.4 Å². The zero-order valence-corrected chi connectivity index (χ0v) is 15.9. The van der Waals surface area contributed by atoms with E-state index in [1.54, 1.807) is 7.05 Å². The van der Waals surface area contributed by atoms with Crippen molar-refractivity contribution in [2.75, 3.05) is 44.7 Å². The number of carbonyl (C=O) groups is 1. The van der Waals surface area contributed by atoms with E-state index in [2.05, 4.69) is 50.4 Å². The molecule has 138 valence electrons. The molecule has 0 radical (unpaired) electrons. The van der Waals surface area contributed by atoms with Crippen LogP contribution in [-0.2, 0) is 6.42 Å². The molecule has 0 bridgehead atoms. The van der Waals surface area contributed by atoms with Gasteiger partial charge < -0.3 is 15.0 Å². The highest BCUT2D eigenvalue weighted by Gasteiger charge is 2.25. The average Bonchev–Trinajstić information content (AvgIpc) is 3.35. The molecule has 2 aromatic rings. The summed E-state index contributed by atoms with van der Waals surface area (Å²) in [6, 6.07) is 6.97. The third kappa shape index (κ3) is 3.26. The lowest BCUT2D eigenvalue weighted by molar-refractivity contribution is 0.0962. The number of carbonyl (C=O) groups excluding carboxylic acids is 1. The summed E-state index contributed by atoms with van der Waals surface area (Å²) in [7, 11) is 1.60. The number of ether oxygens (including phenoxy) is 1. The normalized spacial score (nSPS) is 18.3. The van der Waals surface area contributed by atoms with Crippen molar-refractivity contribution in [3.05, 3.63) is 34.3 Å². The van der Waals surface area contributed by atoms with Gasteiger partial charge in [0, 0.05) is 45.7 Å². The smallest absolute Gasteiger partial charge is 0.282 e. The molecule has 1 atom stereocenters. The van der Waals surface area contributed by atoms with Crippen LogP contribution in [0.2, 0.25) is 0 Å². The van der Waals surface area contributed by atoms with Crippen molar-refractivity contribution in [2.24, 2.45) is 0 Å². The molecule has 1 fully saturated rings. The first-order chi connectivity index (χ1) is 12.7. The Morgan fingerprint density at radius 3 is 2.85 bits per heavy atom. The summed E-state index contributed by atoms with van der Waals surface area (Å²) in [6.45, 7) is 6.72. The fourth-order valence-corrected chi connectivity index (χ4v) is 4.34. The molecule has 1 amide bonds. The number of nitrogens with zero attached hydrogens (tertiary/aromatic N) is 4. The van der Waals surface area contributed by atoms with Crippen LogP contribution in [-0.4, -0.2) is 60.8 Å². The van der Waals surface area contributed by atoms with Crippen LogP contribution in [0.15, 0.2) is 18.2 Å². The molecule has 4 rings (SSSR count). The molecule has 0 aliphatic carbocycles. The van der Waals surface area contributed by atoms with Gasteiger partial charge in [-0.2, -0.15) is 0 Å². The van der Waals surface area contributed by atoms with Crippen molar-refractivity contribution in [1.82, 2.24) is 20.4 Å². The molecule has 2 aliphatic rings. The molecule has 2 aliphatic heterocycles. The van der Waals surface area contributed by atoms with Crippen molar-refractivity contribution in [1.29, 1.82) is 0 Å². The largest absolute Gasteiger partial charge is 0.493 e. The predicted molar refractivity (Wildman–Crippen MR) is 101 cm³/mol. The van der Waals surface area contributed by atoms with Gasteiger partial charge in [-0.1, -0.05) is 23.5 Å². The van der Waals surface area contributed by atoms with Gasteiger partial charge in [-0.3, -0.25) is 9.69 Å². The second-order valence-electron chi connectivity index (χ2n) is 6.63. The quantitative estimate of drug-likeness (QED) is 0.880. The second-order valence-corrected chi connectivity index (χ2v) is 7.59. The van der Waals surface area contributed by atoms with Gasteiger partial charge in [-0.25, -0.2) is 0 Å². The fraction of sp³-hybridized carbons (Fsp3) is 0.500. The van der Waals surface area contributed by atoms with E-state index < -0.39 is 0 Å². The number of amides is 1. The minimum atomic E-state index is -0.181. The molecule has 1 saturated heterocycles. The van der Waals surface area contributed by atoms with Crippen molar-refractivity contribution in [3.63, 3.8) is 0 Å². The Balaban J connectivity index is 1.38. The number of hydrogen-bond acceptors (Lipinski definition) is 7. The van der Waals surface area contributed by atoms with Gasteiger partial charge in [0.1, 0.15) is 5.75 Å². The summed E-state index contributed by atoms with van der Waals surface area (Å²) >= 11 is 1.35. The zero-order chi connectivity index (χ0) is 18.1. The molecule has 0 saturated carbocycles. The Morgan fingerprint density at radius 2 is 2.08 bits per heavy atom. The summed E-state index contributed by atoms with van der Waals surface area (Å²) in [5.74, 6) is 0.864. The third-order valence-electron chi connectivity index (χ3n) is 5.17. The van der Waals surface area contributed by atoms with E-state index in [-0.39, 0.29) is 5.91 Å². The Bertz CT molecular complexity index is 801. The molecule has 0 spiro atoms. The molecule has 0 unspecified atom stereocenters. The van der Waals surface area contributed by atoms with Crippen LogP contribution in [0.25, 0.3) is 0 Å². The van der Waals surface area contributed by atoms with E-state index in [0.29, 0.717) is 11.0 Å². The fourth-order valence-electron chi connectivity index (χ4n) is 3.50. The zero-order valence-electron chi connectivity index (χ0n) is 15.1. The highest BCUT2D eigenvalue weighted by atomic mass is 32.1. The predicted octanol–water partition coefficient (Wildman–Crippen LogP) is 1.72. The first kappa shape index (κ1) is 17.2. The number of hydrogen-bond donors (Lipinski definition) is 1. The average molecular weight is 373 g/mol. The van der Waals surface area contributed by atoms with Crippen LogP contribution in [0.4, 0.5) is 5.13 Å².